The van der Waals surface area contributed by atoms with Crippen LogP contribution in [0.2, 0.25) is 0 Å². The Morgan fingerprint density at radius 2 is 1.67 bits per heavy atom. The molecule has 2 rings (SSSR count). The van der Waals surface area contributed by atoms with Crippen LogP contribution in [0.15, 0.2) is 54.6 Å². The number of Topliss-reactive ketones (excluding diaryl/α,β-unsaturated/α-hetero) is 1. The number of carbonyl (C=O) groups excluding carboxylic acids is 1. The maximum absolute atomic E-state index is 12.4. The Balaban J connectivity index is 2.28. The summed E-state index contributed by atoms with van der Waals surface area (Å²) in [5.41, 5.74) is 8.11. The Bertz CT molecular complexity index is 517. The Morgan fingerprint density at radius 3 is 2.22 bits per heavy atom. The molecule has 0 amide bonds. The molecule has 1 atom stereocenters. The van der Waals surface area contributed by atoms with E-state index in [0.717, 1.165) is 17.5 Å². The molecule has 0 aliphatic carbocycles. The summed E-state index contributed by atoms with van der Waals surface area (Å²) >= 11 is 0. The fourth-order valence-corrected chi connectivity index (χ4v) is 2.11. The Morgan fingerprint density at radius 1 is 1.06 bits per heavy atom. The molecule has 0 aliphatic heterocycles. The monoisotopic (exact) mass is 239 g/mol. The van der Waals surface area contributed by atoms with Gasteiger partial charge in [-0.25, -0.2) is 0 Å². The van der Waals surface area contributed by atoms with Crippen molar-refractivity contribution in [2.75, 3.05) is 5.73 Å². The van der Waals surface area contributed by atoms with Crippen molar-refractivity contribution in [2.24, 2.45) is 0 Å². The van der Waals surface area contributed by atoms with Crippen LogP contribution in [-0.4, -0.2) is 5.78 Å². The molecule has 1 unspecified atom stereocenters. The Labute approximate surface area is 107 Å². The number of carbonyl (C=O) groups is 1. The molecule has 2 heteroatoms. The predicted octanol–water partition coefficient (Wildman–Crippen LogP) is 3.65. The van der Waals surface area contributed by atoms with Gasteiger partial charge in [-0.3, -0.25) is 4.79 Å². The molecule has 18 heavy (non-hydrogen) atoms. The van der Waals surface area contributed by atoms with E-state index >= 15 is 0 Å². The third-order valence-corrected chi connectivity index (χ3v) is 3.12. The molecule has 0 spiro atoms. The van der Waals surface area contributed by atoms with E-state index in [9.17, 15) is 4.79 Å². The summed E-state index contributed by atoms with van der Waals surface area (Å²) in [5, 5.41) is 0. The van der Waals surface area contributed by atoms with Gasteiger partial charge in [0.15, 0.2) is 5.78 Å². The summed E-state index contributed by atoms with van der Waals surface area (Å²) in [7, 11) is 0. The second kappa shape index (κ2) is 5.50. The zero-order valence-corrected chi connectivity index (χ0v) is 10.5. The highest BCUT2D eigenvalue weighted by Gasteiger charge is 2.19. The zero-order chi connectivity index (χ0) is 13.0. The number of nitrogens with two attached hydrogens (primary N) is 1. The van der Waals surface area contributed by atoms with Crippen molar-refractivity contribution < 1.29 is 4.79 Å². The summed E-state index contributed by atoms with van der Waals surface area (Å²) in [6.07, 6.45) is 0.799. The summed E-state index contributed by atoms with van der Waals surface area (Å²) in [6.45, 7) is 2.03. The first kappa shape index (κ1) is 12.4. The lowest BCUT2D eigenvalue weighted by atomic mass is 9.88. The van der Waals surface area contributed by atoms with Gasteiger partial charge in [0.25, 0.3) is 0 Å². The molecule has 2 aromatic rings. The number of nitrogen functional groups attached to an aromatic ring is 1. The van der Waals surface area contributed by atoms with Crippen molar-refractivity contribution in [1.82, 2.24) is 0 Å². The quantitative estimate of drug-likeness (QED) is 0.653. The van der Waals surface area contributed by atoms with Gasteiger partial charge in [-0.15, -0.1) is 0 Å². The first-order valence-electron chi connectivity index (χ1n) is 6.17. The number of hydrogen-bond acceptors (Lipinski definition) is 2. The average molecular weight is 239 g/mol. The van der Waals surface area contributed by atoms with Gasteiger partial charge in [-0.1, -0.05) is 37.3 Å². The lowest BCUT2D eigenvalue weighted by molar-refractivity contribution is 0.0957. The molecule has 0 aromatic heterocycles. The second-order valence-corrected chi connectivity index (χ2v) is 4.36. The minimum absolute atomic E-state index is 0.0742. The Hall–Kier alpha value is -2.09. The van der Waals surface area contributed by atoms with Crippen LogP contribution in [0.25, 0.3) is 0 Å². The third-order valence-electron chi connectivity index (χ3n) is 3.12. The molecule has 0 saturated heterocycles. The second-order valence-electron chi connectivity index (χ2n) is 4.36. The summed E-state index contributed by atoms with van der Waals surface area (Å²) in [5.74, 6) is 0.0820. The standard InChI is InChI=1S/C16H17NO/c1-2-15(12-6-4-3-5-7-12)16(18)13-8-10-14(17)11-9-13/h3-11,15H,2,17H2,1H3. The lowest BCUT2D eigenvalue weighted by Gasteiger charge is -2.14. The van der Waals surface area contributed by atoms with Crippen LogP contribution >= 0.6 is 0 Å². The third kappa shape index (κ3) is 2.59. The van der Waals surface area contributed by atoms with E-state index in [-0.39, 0.29) is 11.7 Å². The molecular formula is C16H17NO. The molecule has 0 heterocycles. The smallest absolute Gasteiger partial charge is 0.170 e. The molecular weight excluding hydrogens is 222 g/mol. The predicted molar refractivity (Wildman–Crippen MR) is 74.7 cm³/mol. The number of hydrogen-bond donors (Lipinski definition) is 1. The van der Waals surface area contributed by atoms with Gasteiger partial charge < -0.3 is 5.73 Å². The minimum atomic E-state index is -0.0742. The maximum Gasteiger partial charge on any atom is 0.170 e. The van der Waals surface area contributed by atoms with Crippen molar-refractivity contribution in [3.8, 4) is 0 Å². The summed E-state index contributed by atoms with van der Waals surface area (Å²) in [4.78, 5) is 12.4. The molecule has 0 fully saturated rings. The van der Waals surface area contributed by atoms with E-state index < -0.39 is 0 Å². The van der Waals surface area contributed by atoms with Crippen LogP contribution in [0.1, 0.15) is 35.2 Å². The van der Waals surface area contributed by atoms with Crippen molar-refractivity contribution in [3.63, 3.8) is 0 Å². The zero-order valence-electron chi connectivity index (χ0n) is 10.5. The van der Waals surface area contributed by atoms with Crippen LogP contribution < -0.4 is 5.73 Å². The molecule has 2 aromatic carbocycles. The van der Waals surface area contributed by atoms with Crippen molar-refractivity contribution in [1.29, 1.82) is 0 Å². The highest BCUT2D eigenvalue weighted by molar-refractivity contribution is 6.01. The largest absolute Gasteiger partial charge is 0.399 e. The van der Waals surface area contributed by atoms with Crippen LogP contribution in [0.5, 0.6) is 0 Å². The average Bonchev–Trinajstić information content (AvgIpc) is 2.41. The van der Waals surface area contributed by atoms with Crippen LogP contribution in [0.3, 0.4) is 0 Å². The van der Waals surface area contributed by atoms with E-state index in [0.29, 0.717) is 5.69 Å². The first-order valence-corrected chi connectivity index (χ1v) is 6.17. The topological polar surface area (TPSA) is 43.1 Å². The van der Waals surface area contributed by atoms with E-state index in [1.54, 1.807) is 24.3 Å². The maximum atomic E-state index is 12.4. The summed E-state index contributed by atoms with van der Waals surface area (Å²) < 4.78 is 0. The number of rotatable bonds is 4. The molecule has 0 aliphatic rings. The van der Waals surface area contributed by atoms with Gasteiger partial charge in [0.2, 0.25) is 0 Å². The minimum Gasteiger partial charge on any atom is -0.399 e. The van der Waals surface area contributed by atoms with Gasteiger partial charge in [0.05, 0.1) is 0 Å². The molecule has 2 nitrogen and oxygen atoms in total. The highest BCUT2D eigenvalue weighted by Crippen LogP contribution is 2.24. The Kier molecular flexibility index (Phi) is 3.78. The lowest BCUT2D eigenvalue weighted by Crippen LogP contribution is -2.12. The number of benzene rings is 2. The van der Waals surface area contributed by atoms with Gasteiger partial charge in [0, 0.05) is 17.2 Å². The highest BCUT2D eigenvalue weighted by atomic mass is 16.1. The van der Waals surface area contributed by atoms with E-state index in [4.69, 9.17) is 5.73 Å². The van der Waals surface area contributed by atoms with Crippen molar-refractivity contribution in [3.05, 3.63) is 65.7 Å². The van der Waals surface area contributed by atoms with Crippen molar-refractivity contribution >= 4 is 11.5 Å². The van der Waals surface area contributed by atoms with Gasteiger partial charge in [-0.05, 0) is 36.2 Å². The summed E-state index contributed by atoms with van der Waals surface area (Å²) in [6, 6.07) is 17.0. The normalized spacial score (nSPS) is 12.1. The van der Waals surface area contributed by atoms with Gasteiger partial charge in [0.1, 0.15) is 0 Å². The fourth-order valence-electron chi connectivity index (χ4n) is 2.11. The van der Waals surface area contributed by atoms with Gasteiger partial charge >= 0.3 is 0 Å². The first-order chi connectivity index (χ1) is 8.72. The number of ketones is 1. The fraction of sp³-hybridized carbons (Fsp3) is 0.188. The molecule has 92 valence electrons. The number of anilines is 1. The van der Waals surface area contributed by atoms with E-state index in [1.165, 1.54) is 0 Å². The molecule has 0 saturated carbocycles. The molecule has 0 bridgehead atoms. The van der Waals surface area contributed by atoms with E-state index in [2.05, 4.69) is 0 Å². The SMILES string of the molecule is CCC(C(=O)c1ccc(N)cc1)c1ccccc1. The molecule has 2 N–H and O–H groups in total. The van der Waals surface area contributed by atoms with Gasteiger partial charge in [-0.2, -0.15) is 0 Å². The molecule has 0 radical (unpaired) electrons. The van der Waals surface area contributed by atoms with Crippen molar-refractivity contribution in [2.45, 2.75) is 19.3 Å². The van der Waals surface area contributed by atoms with Crippen LogP contribution in [-0.2, 0) is 0 Å². The van der Waals surface area contributed by atoms with E-state index in [1.807, 2.05) is 37.3 Å². The van der Waals surface area contributed by atoms with Crippen LogP contribution in [0, 0.1) is 0 Å². The van der Waals surface area contributed by atoms with Crippen LogP contribution in [0.4, 0.5) is 5.69 Å².